The van der Waals surface area contributed by atoms with Gasteiger partial charge >= 0.3 is 0 Å². The predicted octanol–water partition coefficient (Wildman–Crippen LogP) is 3.52. The SMILES string of the molecule is CC(=O)Nc1ccc(C2=C(Nc3ccc(F)c(F)c3)C(=O)N(C(C)C)C2=O)cc1. The molecule has 0 saturated carbocycles. The van der Waals surface area contributed by atoms with Gasteiger partial charge in [-0.3, -0.25) is 19.3 Å². The van der Waals surface area contributed by atoms with Crippen LogP contribution in [0.2, 0.25) is 0 Å². The molecule has 29 heavy (non-hydrogen) atoms. The van der Waals surface area contributed by atoms with E-state index >= 15 is 0 Å². The molecule has 2 aromatic rings. The van der Waals surface area contributed by atoms with Crippen molar-refractivity contribution >= 4 is 34.7 Å². The molecule has 1 aliphatic rings. The maximum absolute atomic E-state index is 13.6. The van der Waals surface area contributed by atoms with Gasteiger partial charge in [-0.25, -0.2) is 8.78 Å². The van der Waals surface area contributed by atoms with E-state index in [9.17, 15) is 23.2 Å². The first-order chi connectivity index (χ1) is 13.7. The van der Waals surface area contributed by atoms with Crippen LogP contribution in [0.5, 0.6) is 0 Å². The van der Waals surface area contributed by atoms with E-state index in [1.807, 2.05) is 0 Å². The van der Waals surface area contributed by atoms with Crippen molar-refractivity contribution in [1.29, 1.82) is 0 Å². The summed E-state index contributed by atoms with van der Waals surface area (Å²) in [6, 6.07) is 9.14. The second kappa shape index (κ2) is 7.83. The predicted molar refractivity (Wildman–Crippen MR) is 105 cm³/mol. The summed E-state index contributed by atoms with van der Waals surface area (Å²) < 4.78 is 26.8. The van der Waals surface area contributed by atoms with E-state index in [0.717, 1.165) is 17.0 Å². The summed E-state index contributed by atoms with van der Waals surface area (Å²) in [6.45, 7) is 4.78. The van der Waals surface area contributed by atoms with Gasteiger partial charge in [0.15, 0.2) is 11.6 Å². The van der Waals surface area contributed by atoms with Gasteiger partial charge in [0, 0.05) is 30.4 Å². The number of rotatable bonds is 5. The Morgan fingerprint density at radius 2 is 1.55 bits per heavy atom. The van der Waals surface area contributed by atoms with Crippen LogP contribution < -0.4 is 10.6 Å². The summed E-state index contributed by atoms with van der Waals surface area (Å²) in [4.78, 5) is 38.1. The Balaban J connectivity index is 2.05. The molecule has 0 fully saturated rings. The normalized spacial score (nSPS) is 14.1. The van der Waals surface area contributed by atoms with Crippen molar-refractivity contribution in [2.75, 3.05) is 10.6 Å². The quantitative estimate of drug-likeness (QED) is 0.754. The van der Waals surface area contributed by atoms with Crippen molar-refractivity contribution in [3.63, 3.8) is 0 Å². The fraction of sp³-hybridized carbons (Fsp3) is 0.190. The number of hydrogen-bond acceptors (Lipinski definition) is 4. The standard InChI is InChI=1S/C21H19F2N3O3/c1-11(2)26-20(28)18(13-4-6-14(7-5-13)24-12(3)27)19(21(26)29)25-15-8-9-16(22)17(23)10-15/h4-11,25H,1-3H3,(H,24,27). The molecule has 3 rings (SSSR count). The van der Waals surface area contributed by atoms with Crippen LogP contribution in [-0.2, 0) is 14.4 Å². The van der Waals surface area contributed by atoms with Crippen LogP contribution in [-0.4, -0.2) is 28.7 Å². The third-order valence-corrected chi connectivity index (χ3v) is 4.31. The molecule has 6 nitrogen and oxygen atoms in total. The van der Waals surface area contributed by atoms with E-state index in [0.29, 0.717) is 11.3 Å². The summed E-state index contributed by atoms with van der Waals surface area (Å²) in [6.07, 6.45) is 0. The van der Waals surface area contributed by atoms with E-state index < -0.39 is 29.5 Å². The fourth-order valence-corrected chi connectivity index (χ4v) is 3.04. The van der Waals surface area contributed by atoms with Gasteiger partial charge in [-0.15, -0.1) is 0 Å². The van der Waals surface area contributed by atoms with Crippen molar-refractivity contribution in [2.24, 2.45) is 0 Å². The molecule has 0 unspecified atom stereocenters. The minimum absolute atomic E-state index is 0.0259. The highest BCUT2D eigenvalue weighted by molar-refractivity contribution is 6.36. The van der Waals surface area contributed by atoms with E-state index in [2.05, 4.69) is 10.6 Å². The fourth-order valence-electron chi connectivity index (χ4n) is 3.04. The van der Waals surface area contributed by atoms with Gasteiger partial charge in [-0.1, -0.05) is 12.1 Å². The lowest BCUT2D eigenvalue weighted by Gasteiger charge is -2.19. The van der Waals surface area contributed by atoms with Crippen LogP contribution in [0.1, 0.15) is 26.3 Å². The largest absolute Gasteiger partial charge is 0.350 e. The van der Waals surface area contributed by atoms with Gasteiger partial charge in [0.25, 0.3) is 11.8 Å². The van der Waals surface area contributed by atoms with Gasteiger partial charge < -0.3 is 10.6 Å². The number of amides is 3. The van der Waals surface area contributed by atoms with Crippen molar-refractivity contribution in [1.82, 2.24) is 4.90 Å². The number of carbonyl (C=O) groups is 3. The first kappa shape index (κ1) is 20.2. The number of carbonyl (C=O) groups excluding carboxylic acids is 3. The zero-order chi connectivity index (χ0) is 21.3. The number of nitrogens with one attached hydrogen (secondary N) is 2. The molecular weight excluding hydrogens is 380 g/mol. The Hall–Kier alpha value is -3.55. The van der Waals surface area contributed by atoms with E-state index in [1.165, 1.54) is 13.0 Å². The molecule has 3 amide bonds. The van der Waals surface area contributed by atoms with Crippen LogP contribution in [0, 0.1) is 11.6 Å². The van der Waals surface area contributed by atoms with E-state index in [-0.39, 0.29) is 22.9 Å². The molecule has 0 atom stereocenters. The van der Waals surface area contributed by atoms with Gasteiger partial charge in [0.05, 0.1) is 5.57 Å². The van der Waals surface area contributed by atoms with Crippen LogP contribution in [0.3, 0.4) is 0 Å². The Kier molecular flexibility index (Phi) is 5.45. The molecule has 1 aliphatic heterocycles. The second-order valence-electron chi connectivity index (χ2n) is 6.84. The minimum Gasteiger partial charge on any atom is -0.350 e. The Morgan fingerprint density at radius 1 is 0.931 bits per heavy atom. The molecular formula is C21H19F2N3O3. The smallest absolute Gasteiger partial charge is 0.278 e. The number of imide groups is 1. The molecule has 1 heterocycles. The van der Waals surface area contributed by atoms with Gasteiger partial charge in [0.2, 0.25) is 5.91 Å². The van der Waals surface area contributed by atoms with E-state index in [1.54, 1.807) is 38.1 Å². The molecule has 0 bridgehead atoms. The Labute approximate surface area is 166 Å². The highest BCUT2D eigenvalue weighted by atomic mass is 19.2. The first-order valence-corrected chi connectivity index (χ1v) is 8.91. The first-order valence-electron chi connectivity index (χ1n) is 8.91. The summed E-state index contributed by atoms with van der Waals surface area (Å²) in [5.41, 5.74) is 1.21. The monoisotopic (exact) mass is 399 g/mol. The zero-order valence-electron chi connectivity index (χ0n) is 16.0. The Bertz CT molecular complexity index is 1030. The summed E-state index contributed by atoms with van der Waals surface area (Å²) in [7, 11) is 0. The molecule has 150 valence electrons. The van der Waals surface area contributed by atoms with Crippen LogP contribution >= 0.6 is 0 Å². The maximum atomic E-state index is 13.6. The van der Waals surface area contributed by atoms with Gasteiger partial charge in [-0.2, -0.15) is 0 Å². The molecule has 0 aliphatic carbocycles. The van der Waals surface area contributed by atoms with Crippen molar-refractivity contribution < 1.29 is 23.2 Å². The number of nitrogens with zero attached hydrogens (tertiary/aromatic N) is 1. The van der Waals surface area contributed by atoms with Crippen LogP contribution in [0.4, 0.5) is 20.2 Å². The van der Waals surface area contributed by atoms with Crippen molar-refractivity contribution in [3.8, 4) is 0 Å². The average molecular weight is 399 g/mol. The van der Waals surface area contributed by atoms with Gasteiger partial charge in [0.1, 0.15) is 5.70 Å². The van der Waals surface area contributed by atoms with Crippen molar-refractivity contribution in [3.05, 3.63) is 65.4 Å². The number of benzene rings is 2. The molecule has 0 saturated heterocycles. The van der Waals surface area contributed by atoms with Crippen LogP contribution in [0.25, 0.3) is 5.57 Å². The van der Waals surface area contributed by atoms with E-state index in [4.69, 9.17) is 0 Å². The van der Waals surface area contributed by atoms with Crippen LogP contribution in [0.15, 0.2) is 48.2 Å². The number of hydrogen-bond donors (Lipinski definition) is 2. The molecule has 2 aromatic carbocycles. The third kappa shape index (κ3) is 4.01. The maximum Gasteiger partial charge on any atom is 0.278 e. The lowest BCUT2D eigenvalue weighted by Crippen LogP contribution is -2.38. The molecule has 0 aromatic heterocycles. The molecule has 0 radical (unpaired) electrons. The topological polar surface area (TPSA) is 78.5 Å². The average Bonchev–Trinajstić information content (AvgIpc) is 2.88. The third-order valence-electron chi connectivity index (χ3n) is 4.31. The van der Waals surface area contributed by atoms with Gasteiger partial charge in [-0.05, 0) is 43.7 Å². The zero-order valence-corrected chi connectivity index (χ0v) is 16.0. The molecule has 0 spiro atoms. The summed E-state index contributed by atoms with van der Waals surface area (Å²) >= 11 is 0. The second-order valence-corrected chi connectivity index (χ2v) is 6.84. The lowest BCUT2D eigenvalue weighted by atomic mass is 10.0. The summed E-state index contributed by atoms with van der Waals surface area (Å²) in [5, 5.41) is 5.38. The van der Waals surface area contributed by atoms with Crippen molar-refractivity contribution in [2.45, 2.75) is 26.8 Å². The molecule has 8 heteroatoms. The minimum atomic E-state index is -1.07. The Morgan fingerprint density at radius 3 is 2.10 bits per heavy atom. The highest BCUT2D eigenvalue weighted by Crippen LogP contribution is 2.32. The lowest BCUT2D eigenvalue weighted by molar-refractivity contribution is -0.138. The number of anilines is 2. The highest BCUT2D eigenvalue weighted by Gasteiger charge is 2.40. The molecule has 2 N–H and O–H groups in total. The number of halogens is 2. The summed E-state index contributed by atoms with van der Waals surface area (Å²) in [5.74, 6) is -3.39.